The fourth-order valence-corrected chi connectivity index (χ4v) is 0.206. The zero-order valence-corrected chi connectivity index (χ0v) is 4.72. The van der Waals surface area contributed by atoms with Gasteiger partial charge in [-0.05, 0) is 6.92 Å². The van der Waals surface area contributed by atoms with Gasteiger partial charge in [0.2, 0.25) is 5.91 Å². The summed E-state index contributed by atoms with van der Waals surface area (Å²) in [7, 11) is 0. The van der Waals surface area contributed by atoms with Crippen LogP contribution in [0.2, 0.25) is 0 Å². The molecule has 0 aromatic carbocycles. The van der Waals surface area contributed by atoms with Crippen molar-refractivity contribution in [1.82, 2.24) is 0 Å². The van der Waals surface area contributed by atoms with Crippen LogP contribution in [0.25, 0.3) is 0 Å². The zero-order valence-electron chi connectivity index (χ0n) is 5.72. The number of aliphatic hydroxyl groups excluding tert-OH is 1. The summed E-state index contributed by atoms with van der Waals surface area (Å²) in [5.74, 6) is -0.653. The Bertz CT molecular complexity index is 122. The first-order valence-corrected chi connectivity index (χ1v) is 2.22. The van der Waals surface area contributed by atoms with Crippen molar-refractivity contribution in [3.8, 4) is 0 Å². The molecule has 0 fully saturated rings. The first kappa shape index (κ1) is 7.17. The summed E-state index contributed by atoms with van der Waals surface area (Å²) < 4.78 is 0. The van der Waals surface area contributed by atoms with Gasteiger partial charge in [-0.25, -0.2) is 0 Å². The molecular weight excluding hydrogens is 106 g/mol. The second-order valence-corrected chi connectivity index (χ2v) is 1.57. The lowest BCUT2D eigenvalue weighted by molar-refractivity contribution is -0.115. The van der Waals surface area contributed by atoms with Crippen LogP contribution in [0.1, 0.15) is 8.35 Å². The van der Waals surface area contributed by atoms with Crippen LogP contribution in [0.4, 0.5) is 0 Å². The lowest BCUT2D eigenvalue weighted by Gasteiger charge is -2.00. The number of carbonyl (C=O) groups excluding carboxylic acids is 1. The molecular formula is C5H10NO2. The van der Waals surface area contributed by atoms with E-state index in [4.69, 9.17) is 10.8 Å². The fraction of sp³-hybridized carbons (Fsp3) is 0.400. The molecule has 0 saturated heterocycles. The molecule has 0 aliphatic heterocycles. The third-order valence-corrected chi connectivity index (χ3v) is 0.821. The van der Waals surface area contributed by atoms with E-state index in [1.165, 1.54) is 6.92 Å². The minimum atomic E-state index is -0.826. The number of carbonyl (C=O) groups is 1. The van der Waals surface area contributed by atoms with Gasteiger partial charge in [0, 0.05) is 7.00 Å². The molecule has 1 amide bonds. The van der Waals surface area contributed by atoms with Gasteiger partial charge < -0.3 is 10.8 Å². The van der Waals surface area contributed by atoms with Gasteiger partial charge in [0.25, 0.3) is 0 Å². The zero-order chi connectivity index (χ0) is 6.73. The molecule has 3 N–H and O–H groups in total. The van der Waals surface area contributed by atoms with E-state index >= 15 is 0 Å². The summed E-state index contributed by atoms with van der Waals surface area (Å²) in [5.41, 5.74) is 4.78. The molecule has 0 rings (SSSR count). The molecule has 1 radical (unpaired) electrons. The van der Waals surface area contributed by atoms with E-state index in [1.54, 1.807) is 0 Å². The molecule has 3 heteroatoms. The van der Waals surface area contributed by atoms with Gasteiger partial charge >= 0.3 is 0 Å². The first-order chi connectivity index (χ1) is 3.55. The quantitative estimate of drug-likeness (QED) is 0.479. The van der Waals surface area contributed by atoms with Crippen LogP contribution in [0.15, 0.2) is 12.2 Å². The number of aliphatic hydroxyl groups is 1. The topological polar surface area (TPSA) is 63.3 Å². The number of hydrogen-bond acceptors (Lipinski definition) is 2. The molecule has 8 heavy (non-hydrogen) atoms. The Labute approximate surface area is 49.3 Å². The number of nitrogens with two attached hydrogens (primary N) is 1. The number of amides is 1. The predicted octanol–water partition coefficient (Wildman–Crippen LogP) is -0.479. The number of rotatable bonds is 2. The monoisotopic (exact) mass is 116 g/mol. The summed E-state index contributed by atoms with van der Waals surface area (Å²) >= 11 is 0. The smallest absolute Gasteiger partial charge is 0.246 e. The summed E-state index contributed by atoms with van der Waals surface area (Å²) in [6.45, 7) is 4.67. The molecule has 1 unspecified atom stereocenters. The van der Waals surface area contributed by atoms with Crippen LogP contribution in [-0.4, -0.2) is 17.1 Å². The summed E-state index contributed by atoms with van der Waals surface area (Å²) in [5, 5.41) is 8.59. The molecule has 47 valence electrons. The molecule has 0 saturated carbocycles. The first-order valence-electron chi connectivity index (χ1n) is 2.22. The van der Waals surface area contributed by atoms with Gasteiger partial charge in [-0.3, -0.25) is 4.79 Å². The molecule has 0 spiro atoms. The Morgan fingerprint density at radius 1 is 2.00 bits per heavy atom. The van der Waals surface area contributed by atoms with E-state index in [2.05, 4.69) is 6.58 Å². The Morgan fingerprint density at radius 2 is 2.38 bits per heavy atom. The van der Waals surface area contributed by atoms with Gasteiger partial charge in [-0.2, -0.15) is 0 Å². The minimum Gasteiger partial charge on any atom is -0.389 e. The molecule has 0 heterocycles. The molecule has 0 bridgehead atoms. The van der Waals surface area contributed by atoms with Crippen molar-refractivity contribution in [2.45, 2.75) is 13.0 Å². The minimum absolute atomic E-state index is 0. The molecule has 3 nitrogen and oxygen atoms in total. The van der Waals surface area contributed by atoms with Gasteiger partial charge in [-0.15, -0.1) is 0 Å². The lowest BCUT2D eigenvalue weighted by atomic mass is 10.2. The van der Waals surface area contributed by atoms with Crippen molar-refractivity contribution in [1.29, 1.82) is 0 Å². The summed E-state index contributed by atoms with van der Waals surface area (Å²) in [4.78, 5) is 10.1. The van der Waals surface area contributed by atoms with E-state index in [-0.39, 0.29) is 7.00 Å². The van der Waals surface area contributed by atoms with Crippen LogP contribution in [-0.2, 0) is 4.79 Å². The van der Waals surface area contributed by atoms with Crippen molar-refractivity contribution < 1.29 is 11.3 Å². The number of primary amides is 1. The Hall–Kier alpha value is -0.830. The van der Waals surface area contributed by atoms with Crippen molar-refractivity contribution in [2.24, 2.45) is 5.73 Å². The predicted molar refractivity (Wildman–Crippen MR) is 31.1 cm³/mol. The largest absolute Gasteiger partial charge is 0.389 e. The van der Waals surface area contributed by atoms with Gasteiger partial charge in [0.05, 0.1) is 6.10 Å². The maximum absolute atomic E-state index is 10.1. The second kappa shape index (κ2) is 2.47. The number of hydrogen-bond donors (Lipinski definition) is 2. The maximum Gasteiger partial charge on any atom is 0.246 e. The van der Waals surface area contributed by atoms with Crippen molar-refractivity contribution >= 4 is 5.91 Å². The van der Waals surface area contributed by atoms with E-state index < -0.39 is 12.0 Å². The molecule has 0 aromatic rings. The Balaban J connectivity index is 0. The van der Waals surface area contributed by atoms with Crippen LogP contribution >= 0.6 is 0 Å². The highest BCUT2D eigenvalue weighted by Crippen LogP contribution is 1.94. The Kier molecular flexibility index (Phi) is 2.21. The maximum atomic E-state index is 10.1. The standard InChI is InChI=1S/C5H9NO2.H/c1-3(4(2)7)5(6)8;/h4,7H,1H2,2H3,(H2,6,8);. The highest BCUT2D eigenvalue weighted by Gasteiger charge is 2.05. The van der Waals surface area contributed by atoms with Crippen molar-refractivity contribution in [3.63, 3.8) is 0 Å². The van der Waals surface area contributed by atoms with Crippen LogP contribution in [0, 0.1) is 0 Å². The average molecular weight is 116 g/mol. The van der Waals surface area contributed by atoms with E-state index in [0.29, 0.717) is 0 Å². The molecule has 0 aromatic heterocycles. The third-order valence-electron chi connectivity index (χ3n) is 0.821. The molecule has 0 aliphatic carbocycles. The van der Waals surface area contributed by atoms with E-state index in [1.807, 2.05) is 0 Å². The van der Waals surface area contributed by atoms with Crippen LogP contribution in [0.3, 0.4) is 0 Å². The molecule has 0 aliphatic rings. The van der Waals surface area contributed by atoms with Gasteiger partial charge in [0.1, 0.15) is 0 Å². The molecule has 1 atom stereocenters. The average Bonchev–Trinajstić information content (AvgIpc) is 1.64. The summed E-state index contributed by atoms with van der Waals surface area (Å²) in [6, 6.07) is 0. The Morgan fingerprint density at radius 3 is 2.38 bits per heavy atom. The lowest BCUT2D eigenvalue weighted by Crippen LogP contribution is -2.20. The van der Waals surface area contributed by atoms with Crippen LogP contribution < -0.4 is 5.73 Å². The van der Waals surface area contributed by atoms with Crippen molar-refractivity contribution in [3.05, 3.63) is 12.2 Å². The summed E-state index contributed by atoms with van der Waals surface area (Å²) in [6.07, 6.45) is -0.826. The van der Waals surface area contributed by atoms with Gasteiger partial charge in [-0.1, -0.05) is 6.58 Å². The highest BCUT2D eigenvalue weighted by molar-refractivity contribution is 5.92. The van der Waals surface area contributed by atoms with Crippen molar-refractivity contribution in [2.75, 3.05) is 0 Å². The fourth-order valence-electron chi connectivity index (χ4n) is 0.206. The van der Waals surface area contributed by atoms with Gasteiger partial charge in [0.15, 0.2) is 0 Å². The highest BCUT2D eigenvalue weighted by atomic mass is 16.3. The van der Waals surface area contributed by atoms with E-state index in [9.17, 15) is 4.79 Å². The SMILES string of the molecule is C=C(C(N)=O)C(C)O.[H]. The normalized spacial score (nSPS) is 12.8. The third kappa shape index (κ3) is 1.75. The van der Waals surface area contributed by atoms with Crippen LogP contribution in [0.5, 0.6) is 0 Å². The second-order valence-electron chi connectivity index (χ2n) is 1.57. The van der Waals surface area contributed by atoms with E-state index in [0.717, 1.165) is 0 Å².